The summed E-state index contributed by atoms with van der Waals surface area (Å²) in [5.41, 5.74) is 3.22. The number of ether oxygens (including phenoxy) is 1. The van der Waals surface area contributed by atoms with Crippen LogP contribution >= 0.6 is 24.8 Å². The number of carbonyl (C=O) groups is 2. The SMILES string of the molecule is COc1ccccc1CCC(=O)NC[C@@H](Cc1c[nH]c2ccccc12)NC(=O)CN1CCC(N2CCCCC2)CC1.Cl.Cl. The fraction of sp³-hybridized carbons (Fsp3) is 0.515. The lowest BCUT2D eigenvalue weighted by Gasteiger charge is -2.40. The molecule has 5 rings (SSSR count). The lowest BCUT2D eigenvalue weighted by atomic mass is 10.00. The average Bonchev–Trinajstić information content (AvgIpc) is 3.42. The number of rotatable bonds is 12. The van der Waals surface area contributed by atoms with E-state index < -0.39 is 0 Å². The Kier molecular flexibility index (Phi) is 14.1. The maximum Gasteiger partial charge on any atom is 0.234 e. The topological polar surface area (TPSA) is 89.7 Å². The van der Waals surface area contributed by atoms with E-state index in [1.807, 2.05) is 42.6 Å². The van der Waals surface area contributed by atoms with Crippen LogP contribution in [0.25, 0.3) is 10.9 Å². The number of carbonyl (C=O) groups excluding carboxylic acids is 2. The number of nitrogens with one attached hydrogen (secondary N) is 3. The van der Waals surface area contributed by atoms with Gasteiger partial charge in [-0.2, -0.15) is 0 Å². The van der Waals surface area contributed by atoms with Crippen LogP contribution in [0.1, 0.15) is 49.7 Å². The molecule has 2 aromatic carbocycles. The summed E-state index contributed by atoms with van der Waals surface area (Å²) in [6.07, 6.45) is 9.87. The molecule has 2 fully saturated rings. The molecule has 8 nitrogen and oxygen atoms in total. The molecule has 236 valence electrons. The van der Waals surface area contributed by atoms with Gasteiger partial charge in [0.25, 0.3) is 0 Å². The zero-order chi connectivity index (χ0) is 28.4. The Hall–Kier alpha value is -2.78. The Balaban J connectivity index is 0.00000253. The largest absolute Gasteiger partial charge is 0.496 e. The van der Waals surface area contributed by atoms with Gasteiger partial charge in [-0.1, -0.05) is 42.8 Å². The highest BCUT2D eigenvalue weighted by atomic mass is 35.5. The molecule has 3 aromatic rings. The van der Waals surface area contributed by atoms with Gasteiger partial charge in [-0.3, -0.25) is 14.5 Å². The number of hydrogen-bond acceptors (Lipinski definition) is 5. The number of aromatic amines is 1. The van der Waals surface area contributed by atoms with Gasteiger partial charge in [0, 0.05) is 49.2 Å². The summed E-state index contributed by atoms with van der Waals surface area (Å²) in [5.74, 6) is 0.785. The van der Waals surface area contributed by atoms with E-state index in [1.54, 1.807) is 7.11 Å². The average molecular weight is 633 g/mol. The lowest BCUT2D eigenvalue weighted by Crippen LogP contribution is -2.51. The third-order valence-electron chi connectivity index (χ3n) is 8.70. The van der Waals surface area contributed by atoms with Gasteiger partial charge in [-0.05, 0) is 74.9 Å². The number of halogens is 2. The van der Waals surface area contributed by atoms with E-state index in [9.17, 15) is 9.59 Å². The Morgan fingerprint density at radius 1 is 0.930 bits per heavy atom. The number of aromatic nitrogens is 1. The molecule has 0 radical (unpaired) electrons. The van der Waals surface area contributed by atoms with Crippen LogP contribution in [-0.2, 0) is 22.4 Å². The second-order valence-corrected chi connectivity index (χ2v) is 11.5. The summed E-state index contributed by atoms with van der Waals surface area (Å²) in [6, 6.07) is 16.4. The van der Waals surface area contributed by atoms with E-state index in [1.165, 1.54) is 32.4 Å². The molecule has 2 aliphatic rings. The Bertz CT molecular complexity index is 1290. The van der Waals surface area contributed by atoms with Crippen molar-refractivity contribution in [2.75, 3.05) is 46.4 Å². The summed E-state index contributed by atoms with van der Waals surface area (Å²) < 4.78 is 5.42. The number of amides is 2. The van der Waals surface area contributed by atoms with Crippen molar-refractivity contribution < 1.29 is 14.3 Å². The fourth-order valence-corrected chi connectivity index (χ4v) is 6.43. The standard InChI is InChI=1S/C33H45N5O3.2ClH/c1-41-31-12-6-3-9-25(31)13-14-32(39)35-23-27(21-26-22-34-30-11-5-4-10-29(26)30)36-33(40)24-37-19-15-28(16-20-37)38-17-7-2-8-18-38;;/h3-6,9-12,22,27-28,34H,2,7-8,13-21,23-24H2,1H3,(H,35,39)(H,36,40);2*1H/t27-;;/m1../s1. The van der Waals surface area contributed by atoms with E-state index in [0.717, 1.165) is 53.7 Å². The first-order valence-corrected chi connectivity index (χ1v) is 15.3. The van der Waals surface area contributed by atoms with Crippen LogP contribution in [0.15, 0.2) is 54.7 Å². The molecule has 2 saturated heterocycles. The molecule has 2 aliphatic heterocycles. The Morgan fingerprint density at radius 3 is 2.42 bits per heavy atom. The van der Waals surface area contributed by atoms with Crippen LogP contribution in [0.4, 0.5) is 0 Å². The molecule has 0 saturated carbocycles. The molecule has 43 heavy (non-hydrogen) atoms. The van der Waals surface area contributed by atoms with Crippen molar-refractivity contribution in [3.8, 4) is 5.75 Å². The van der Waals surface area contributed by atoms with Crippen molar-refractivity contribution in [3.63, 3.8) is 0 Å². The first-order chi connectivity index (χ1) is 20.1. The van der Waals surface area contributed by atoms with Crippen molar-refractivity contribution in [2.24, 2.45) is 0 Å². The maximum atomic E-state index is 13.2. The highest BCUT2D eigenvalue weighted by Gasteiger charge is 2.27. The predicted molar refractivity (Wildman–Crippen MR) is 178 cm³/mol. The summed E-state index contributed by atoms with van der Waals surface area (Å²) in [4.78, 5) is 34.3. The van der Waals surface area contributed by atoms with Gasteiger partial charge in [0.2, 0.25) is 11.8 Å². The van der Waals surface area contributed by atoms with Gasteiger partial charge in [-0.15, -0.1) is 24.8 Å². The van der Waals surface area contributed by atoms with Crippen molar-refractivity contribution in [2.45, 2.75) is 63.5 Å². The number of methoxy groups -OCH3 is 1. The van der Waals surface area contributed by atoms with Crippen molar-refractivity contribution >= 4 is 47.5 Å². The number of benzene rings is 2. The smallest absolute Gasteiger partial charge is 0.234 e. The number of piperidine rings is 2. The third-order valence-corrected chi connectivity index (χ3v) is 8.70. The second-order valence-electron chi connectivity index (χ2n) is 11.5. The third kappa shape index (κ3) is 9.86. The number of likely N-dealkylation sites (tertiary alicyclic amines) is 2. The molecule has 1 atom stereocenters. The molecule has 0 bridgehead atoms. The molecular formula is C33H47Cl2N5O3. The summed E-state index contributed by atoms with van der Waals surface area (Å²) in [5, 5.41) is 7.48. The van der Waals surface area contributed by atoms with Gasteiger partial charge in [0.05, 0.1) is 19.7 Å². The van der Waals surface area contributed by atoms with Crippen LogP contribution in [0.5, 0.6) is 5.75 Å². The van der Waals surface area contributed by atoms with E-state index in [-0.39, 0.29) is 42.7 Å². The van der Waals surface area contributed by atoms with E-state index in [0.29, 0.717) is 38.4 Å². The fourth-order valence-electron chi connectivity index (χ4n) is 6.43. The molecular weight excluding hydrogens is 585 g/mol. The number of para-hydroxylation sites is 2. The van der Waals surface area contributed by atoms with Crippen molar-refractivity contribution in [1.82, 2.24) is 25.4 Å². The highest BCUT2D eigenvalue weighted by Crippen LogP contribution is 2.22. The Labute approximate surface area is 268 Å². The first kappa shape index (κ1) is 34.7. The molecule has 0 spiro atoms. The number of nitrogens with zero attached hydrogens (tertiary/aromatic N) is 2. The lowest BCUT2D eigenvalue weighted by molar-refractivity contribution is -0.124. The van der Waals surface area contributed by atoms with Gasteiger partial charge in [0.15, 0.2) is 0 Å². The van der Waals surface area contributed by atoms with E-state index >= 15 is 0 Å². The van der Waals surface area contributed by atoms with E-state index in [4.69, 9.17) is 4.74 Å². The maximum absolute atomic E-state index is 13.2. The molecule has 3 heterocycles. The van der Waals surface area contributed by atoms with Crippen molar-refractivity contribution in [1.29, 1.82) is 0 Å². The number of aryl methyl sites for hydroxylation is 1. The number of H-pyrrole nitrogens is 1. The van der Waals surface area contributed by atoms with Gasteiger partial charge in [0.1, 0.15) is 5.75 Å². The molecule has 0 unspecified atom stereocenters. The first-order valence-electron chi connectivity index (χ1n) is 15.3. The summed E-state index contributed by atoms with van der Waals surface area (Å²) in [7, 11) is 1.65. The van der Waals surface area contributed by atoms with Gasteiger partial charge < -0.3 is 25.3 Å². The zero-order valence-electron chi connectivity index (χ0n) is 25.2. The molecule has 2 amide bonds. The summed E-state index contributed by atoms with van der Waals surface area (Å²) >= 11 is 0. The van der Waals surface area contributed by atoms with Crippen LogP contribution in [0, 0.1) is 0 Å². The number of hydrogen-bond donors (Lipinski definition) is 3. The molecule has 3 N–H and O–H groups in total. The molecule has 10 heteroatoms. The van der Waals surface area contributed by atoms with Crippen LogP contribution in [0.3, 0.4) is 0 Å². The van der Waals surface area contributed by atoms with E-state index in [2.05, 4.69) is 37.6 Å². The minimum atomic E-state index is -0.206. The van der Waals surface area contributed by atoms with Crippen molar-refractivity contribution in [3.05, 3.63) is 65.9 Å². The molecule has 0 aliphatic carbocycles. The predicted octanol–water partition coefficient (Wildman–Crippen LogP) is 4.75. The van der Waals surface area contributed by atoms with Gasteiger partial charge >= 0.3 is 0 Å². The summed E-state index contributed by atoms with van der Waals surface area (Å²) in [6.45, 7) is 5.16. The zero-order valence-corrected chi connectivity index (χ0v) is 26.8. The number of fused-ring (bicyclic) bond motifs is 1. The minimum Gasteiger partial charge on any atom is -0.496 e. The molecule has 1 aromatic heterocycles. The van der Waals surface area contributed by atoms with Gasteiger partial charge in [-0.25, -0.2) is 0 Å². The quantitative estimate of drug-likeness (QED) is 0.269. The van der Waals surface area contributed by atoms with Crippen LogP contribution in [-0.4, -0.2) is 85.1 Å². The Morgan fingerprint density at radius 2 is 1.65 bits per heavy atom. The monoisotopic (exact) mass is 631 g/mol. The van der Waals surface area contributed by atoms with Crippen LogP contribution in [0.2, 0.25) is 0 Å². The second kappa shape index (κ2) is 17.5. The highest BCUT2D eigenvalue weighted by molar-refractivity contribution is 5.86. The van der Waals surface area contributed by atoms with Crippen LogP contribution < -0.4 is 15.4 Å². The minimum absolute atomic E-state index is 0. The normalized spacial score (nSPS) is 17.0.